The lowest BCUT2D eigenvalue weighted by Crippen LogP contribution is -2.28. The van der Waals surface area contributed by atoms with Crippen LogP contribution < -0.4 is 11.0 Å². The largest absolute Gasteiger partial charge is 0.508 e. The van der Waals surface area contributed by atoms with Crippen molar-refractivity contribution in [3.63, 3.8) is 0 Å². The van der Waals surface area contributed by atoms with E-state index in [4.69, 9.17) is 0 Å². The van der Waals surface area contributed by atoms with E-state index in [9.17, 15) is 24.8 Å². The number of imidazole rings is 1. The summed E-state index contributed by atoms with van der Waals surface area (Å²) in [7, 11) is 0. The minimum Gasteiger partial charge on any atom is -0.508 e. The number of carbonyl (C=O) groups excluding carboxylic acids is 1. The van der Waals surface area contributed by atoms with Gasteiger partial charge in [0.05, 0.1) is 16.0 Å². The number of aryl methyl sites for hydroxylation is 2. The first kappa shape index (κ1) is 20.1. The summed E-state index contributed by atoms with van der Waals surface area (Å²) in [5.74, 6) is -0.454. The van der Waals surface area contributed by atoms with Crippen LogP contribution in [0.2, 0.25) is 0 Å². The highest BCUT2D eigenvalue weighted by Crippen LogP contribution is 2.22. The van der Waals surface area contributed by atoms with Gasteiger partial charge in [-0.1, -0.05) is 19.1 Å². The van der Waals surface area contributed by atoms with Crippen LogP contribution in [0.5, 0.6) is 5.75 Å². The number of para-hydroxylation sites is 2. The standard InChI is InChI=1S/C20H22N4O5/c1-2-10-22-16-5-3-4-6-17(16)23(20(22)27)11-9-19(26)21-13-14-12-15(24(28)29)7-8-18(14)25/h3-8,12,25H,2,9-11,13H2,1H3,(H,21,26). The number of nitrogens with zero attached hydrogens (tertiary/aromatic N) is 3. The van der Waals surface area contributed by atoms with Crippen LogP contribution in [0.15, 0.2) is 47.3 Å². The Morgan fingerprint density at radius 2 is 1.79 bits per heavy atom. The van der Waals surface area contributed by atoms with Gasteiger partial charge < -0.3 is 10.4 Å². The fraction of sp³-hybridized carbons (Fsp3) is 0.300. The van der Waals surface area contributed by atoms with Crippen LogP contribution in [0, 0.1) is 10.1 Å². The van der Waals surface area contributed by atoms with Crippen LogP contribution in [0.3, 0.4) is 0 Å². The van der Waals surface area contributed by atoms with Crippen molar-refractivity contribution >= 4 is 22.6 Å². The van der Waals surface area contributed by atoms with E-state index in [1.54, 1.807) is 9.13 Å². The molecule has 2 aromatic carbocycles. The maximum Gasteiger partial charge on any atom is 0.329 e. The average molecular weight is 398 g/mol. The average Bonchev–Trinajstić information content (AvgIpc) is 2.97. The molecule has 0 fully saturated rings. The Labute approximate surface area is 166 Å². The highest BCUT2D eigenvalue weighted by molar-refractivity contribution is 5.78. The highest BCUT2D eigenvalue weighted by Gasteiger charge is 2.14. The number of non-ortho nitro benzene ring substituents is 1. The number of hydrogen-bond acceptors (Lipinski definition) is 5. The fourth-order valence-electron chi connectivity index (χ4n) is 3.25. The molecule has 0 saturated carbocycles. The van der Waals surface area contributed by atoms with Gasteiger partial charge in [-0.25, -0.2) is 4.79 Å². The third-order valence-corrected chi connectivity index (χ3v) is 4.68. The number of phenolic OH excluding ortho intramolecular Hbond substituents is 1. The SMILES string of the molecule is CCCn1c(=O)n(CCC(=O)NCc2cc([N+](=O)[O-])ccc2O)c2ccccc21. The van der Waals surface area contributed by atoms with Crippen LogP contribution in [0.25, 0.3) is 11.0 Å². The summed E-state index contributed by atoms with van der Waals surface area (Å²) in [6.45, 7) is 2.77. The number of amides is 1. The number of nitrogens with one attached hydrogen (secondary N) is 1. The molecule has 29 heavy (non-hydrogen) atoms. The molecule has 0 aliphatic heterocycles. The van der Waals surface area contributed by atoms with E-state index in [0.717, 1.165) is 17.5 Å². The van der Waals surface area contributed by atoms with Gasteiger partial charge in [0.15, 0.2) is 0 Å². The molecular formula is C20H22N4O5. The van der Waals surface area contributed by atoms with Crippen LogP contribution in [0.4, 0.5) is 5.69 Å². The Bertz CT molecular complexity index is 1120. The second-order valence-electron chi connectivity index (χ2n) is 6.67. The molecule has 0 unspecified atom stereocenters. The van der Waals surface area contributed by atoms with Crippen LogP contribution in [-0.4, -0.2) is 25.1 Å². The Hall–Kier alpha value is -3.62. The molecule has 9 heteroatoms. The van der Waals surface area contributed by atoms with Gasteiger partial charge in [-0.3, -0.25) is 24.0 Å². The molecule has 0 bridgehead atoms. The van der Waals surface area contributed by atoms with Crippen LogP contribution >= 0.6 is 0 Å². The summed E-state index contributed by atoms with van der Waals surface area (Å²) < 4.78 is 3.28. The number of aromatic nitrogens is 2. The predicted molar refractivity (Wildman–Crippen MR) is 108 cm³/mol. The second kappa shape index (κ2) is 8.59. The van der Waals surface area contributed by atoms with Gasteiger partial charge in [-0.05, 0) is 24.6 Å². The Morgan fingerprint density at radius 3 is 2.41 bits per heavy atom. The lowest BCUT2D eigenvalue weighted by Gasteiger charge is -2.08. The monoisotopic (exact) mass is 398 g/mol. The van der Waals surface area contributed by atoms with Crippen molar-refractivity contribution in [2.45, 2.75) is 39.4 Å². The molecule has 9 nitrogen and oxygen atoms in total. The Morgan fingerprint density at radius 1 is 1.14 bits per heavy atom. The van der Waals surface area contributed by atoms with E-state index in [-0.39, 0.29) is 48.1 Å². The molecule has 1 amide bonds. The first-order chi connectivity index (χ1) is 13.9. The molecule has 3 rings (SSSR count). The van der Waals surface area contributed by atoms with E-state index in [1.165, 1.54) is 18.2 Å². The minimum absolute atomic E-state index is 0.0428. The van der Waals surface area contributed by atoms with Crippen LogP contribution in [0.1, 0.15) is 25.3 Å². The van der Waals surface area contributed by atoms with Crippen molar-refractivity contribution < 1.29 is 14.8 Å². The lowest BCUT2D eigenvalue weighted by molar-refractivity contribution is -0.384. The van der Waals surface area contributed by atoms with Gasteiger partial charge in [0.25, 0.3) is 5.69 Å². The summed E-state index contributed by atoms with van der Waals surface area (Å²) in [6.07, 6.45) is 0.886. The minimum atomic E-state index is -0.566. The van der Waals surface area contributed by atoms with Gasteiger partial charge >= 0.3 is 5.69 Å². The number of nitro benzene ring substituents is 1. The quantitative estimate of drug-likeness (QED) is 0.446. The molecule has 0 atom stereocenters. The first-order valence-corrected chi connectivity index (χ1v) is 9.33. The number of aromatic hydroxyl groups is 1. The van der Waals surface area contributed by atoms with Gasteiger partial charge in [0.2, 0.25) is 5.91 Å². The Balaban J connectivity index is 1.69. The number of hydrogen-bond donors (Lipinski definition) is 2. The normalized spacial score (nSPS) is 10.9. The summed E-state index contributed by atoms with van der Waals surface area (Å²) in [5, 5.41) is 23.3. The molecule has 3 aromatic rings. The van der Waals surface area contributed by atoms with Crippen molar-refractivity contribution in [1.82, 2.24) is 14.5 Å². The van der Waals surface area contributed by atoms with Gasteiger partial charge in [0.1, 0.15) is 5.75 Å². The highest BCUT2D eigenvalue weighted by atomic mass is 16.6. The number of phenols is 1. The van der Waals surface area contributed by atoms with Crippen molar-refractivity contribution in [2.24, 2.45) is 0 Å². The molecule has 0 spiro atoms. The third-order valence-electron chi connectivity index (χ3n) is 4.68. The summed E-state index contributed by atoms with van der Waals surface area (Å²) >= 11 is 0. The summed E-state index contributed by atoms with van der Waals surface area (Å²) in [6, 6.07) is 11.1. The van der Waals surface area contributed by atoms with Crippen molar-refractivity contribution in [3.8, 4) is 5.75 Å². The second-order valence-corrected chi connectivity index (χ2v) is 6.67. The zero-order valence-electron chi connectivity index (χ0n) is 16.0. The number of benzene rings is 2. The summed E-state index contributed by atoms with van der Waals surface area (Å²) in [5.41, 5.74) is 1.54. The summed E-state index contributed by atoms with van der Waals surface area (Å²) in [4.78, 5) is 35.2. The van der Waals surface area contributed by atoms with Gasteiger partial charge in [0, 0.05) is 43.8 Å². The molecule has 0 aliphatic carbocycles. The molecule has 152 valence electrons. The van der Waals surface area contributed by atoms with Gasteiger partial charge in [-0.15, -0.1) is 0 Å². The van der Waals surface area contributed by atoms with E-state index < -0.39 is 4.92 Å². The van der Waals surface area contributed by atoms with Crippen molar-refractivity contribution in [1.29, 1.82) is 0 Å². The van der Waals surface area contributed by atoms with Crippen molar-refractivity contribution in [3.05, 3.63) is 68.6 Å². The maximum absolute atomic E-state index is 12.7. The first-order valence-electron chi connectivity index (χ1n) is 9.33. The van der Waals surface area contributed by atoms with E-state index >= 15 is 0 Å². The number of carbonyl (C=O) groups is 1. The van der Waals surface area contributed by atoms with E-state index in [0.29, 0.717) is 6.54 Å². The Kier molecular flexibility index (Phi) is 5.96. The fourth-order valence-corrected chi connectivity index (χ4v) is 3.25. The molecule has 0 saturated heterocycles. The van der Waals surface area contributed by atoms with E-state index in [2.05, 4.69) is 5.32 Å². The molecule has 2 N–H and O–H groups in total. The van der Waals surface area contributed by atoms with Gasteiger partial charge in [-0.2, -0.15) is 0 Å². The third kappa shape index (κ3) is 4.29. The molecule has 0 radical (unpaired) electrons. The van der Waals surface area contributed by atoms with E-state index in [1.807, 2.05) is 31.2 Å². The number of rotatable bonds is 8. The number of fused-ring (bicyclic) bond motifs is 1. The zero-order chi connectivity index (χ0) is 21.0. The number of nitro groups is 1. The topological polar surface area (TPSA) is 119 Å². The maximum atomic E-state index is 12.7. The predicted octanol–water partition coefficient (Wildman–Crippen LogP) is 2.53. The molecule has 1 aromatic heterocycles. The van der Waals surface area contributed by atoms with Crippen LogP contribution in [-0.2, 0) is 24.4 Å². The van der Waals surface area contributed by atoms with Crippen molar-refractivity contribution in [2.75, 3.05) is 0 Å². The molecule has 1 heterocycles. The smallest absolute Gasteiger partial charge is 0.329 e. The zero-order valence-corrected chi connectivity index (χ0v) is 16.0. The molecular weight excluding hydrogens is 376 g/mol. The molecule has 0 aliphatic rings. The lowest BCUT2D eigenvalue weighted by atomic mass is 10.1.